The first-order chi connectivity index (χ1) is 23.9. The van der Waals surface area contributed by atoms with Gasteiger partial charge < -0.3 is 14.0 Å². The number of anilines is 1. The molecule has 0 atom stereocenters. The maximum Gasteiger partial charge on any atom is 0.0641 e. The highest BCUT2D eigenvalue weighted by Gasteiger charge is 2.24. The van der Waals surface area contributed by atoms with Crippen LogP contribution in [0.15, 0.2) is 170 Å². The molecule has 0 unspecified atom stereocenters. The maximum atomic E-state index is 4.59. The van der Waals surface area contributed by atoms with Crippen molar-refractivity contribution < 1.29 is 0 Å². The lowest BCUT2D eigenvalue weighted by atomic mass is 10.0. The molecule has 0 aliphatic heterocycles. The summed E-state index contributed by atoms with van der Waals surface area (Å²) in [5.41, 5.74) is 11.4. The topological polar surface area (TPSA) is 13.1 Å². The zero-order valence-electron chi connectivity index (χ0n) is 29.1. The molecule has 0 amide bonds. The Morgan fingerprint density at radius 3 is 1.94 bits per heavy atom. The molecule has 3 nitrogen and oxygen atoms in total. The van der Waals surface area contributed by atoms with Gasteiger partial charge in [0.15, 0.2) is 0 Å². The minimum atomic E-state index is 0.357. The van der Waals surface area contributed by atoms with Crippen molar-refractivity contribution in [2.24, 2.45) is 5.92 Å². The van der Waals surface area contributed by atoms with Gasteiger partial charge in [-0.15, -0.1) is 0 Å². The van der Waals surface area contributed by atoms with E-state index >= 15 is 0 Å². The quantitative estimate of drug-likeness (QED) is 0.144. The molecule has 5 aromatic carbocycles. The normalized spacial score (nSPS) is 12.7. The molecule has 0 N–H and O–H groups in total. The molecule has 0 spiro atoms. The van der Waals surface area contributed by atoms with E-state index in [4.69, 9.17) is 0 Å². The number of allylic oxidation sites excluding steroid dienone is 7. The SMILES string of the molecule is C=C(/C=C\C=C/C)N(C(/C=C\C)=C/C(C)C)c1ccc2c3ccc4c(c5ccccc5n4-c4ccccc4)c3n(-c3ccccc3)c2c1C. The first kappa shape index (κ1) is 31.8. The van der Waals surface area contributed by atoms with E-state index in [1.54, 1.807) is 0 Å². The van der Waals surface area contributed by atoms with Crippen molar-refractivity contribution in [3.05, 3.63) is 175 Å². The molecular weight excluding hydrogens is 595 g/mol. The molecule has 0 saturated heterocycles. The van der Waals surface area contributed by atoms with E-state index in [1.807, 2.05) is 19.1 Å². The van der Waals surface area contributed by atoms with E-state index in [2.05, 4.69) is 188 Å². The second-order valence-electron chi connectivity index (χ2n) is 12.9. The van der Waals surface area contributed by atoms with E-state index in [0.717, 1.165) is 28.5 Å². The third-order valence-corrected chi connectivity index (χ3v) is 9.20. The highest BCUT2D eigenvalue weighted by molar-refractivity contribution is 6.26. The largest absolute Gasteiger partial charge is 0.311 e. The molecule has 0 radical (unpaired) electrons. The van der Waals surface area contributed by atoms with Crippen LogP contribution in [0.5, 0.6) is 0 Å². The van der Waals surface area contributed by atoms with Gasteiger partial charge in [0.25, 0.3) is 0 Å². The van der Waals surface area contributed by atoms with Gasteiger partial charge in [-0.05, 0) is 86.9 Å². The van der Waals surface area contributed by atoms with Gasteiger partial charge >= 0.3 is 0 Å². The fourth-order valence-corrected chi connectivity index (χ4v) is 7.26. The third kappa shape index (κ3) is 5.52. The lowest BCUT2D eigenvalue weighted by Gasteiger charge is -2.29. The number of para-hydroxylation sites is 3. The molecule has 242 valence electrons. The van der Waals surface area contributed by atoms with Crippen LogP contribution in [0.4, 0.5) is 5.69 Å². The Kier molecular flexibility index (Phi) is 8.67. The average Bonchev–Trinajstić information content (AvgIpc) is 3.63. The molecule has 0 bridgehead atoms. The molecule has 7 aromatic rings. The molecule has 49 heavy (non-hydrogen) atoms. The summed E-state index contributed by atoms with van der Waals surface area (Å²) in [4.78, 5) is 2.30. The van der Waals surface area contributed by atoms with Crippen molar-refractivity contribution in [2.75, 3.05) is 4.90 Å². The predicted molar refractivity (Wildman–Crippen MR) is 213 cm³/mol. The number of benzene rings is 5. The molecule has 0 saturated carbocycles. The molecule has 0 aliphatic rings. The van der Waals surface area contributed by atoms with Gasteiger partial charge in [-0.25, -0.2) is 0 Å². The summed E-state index contributed by atoms with van der Waals surface area (Å²) < 4.78 is 4.89. The smallest absolute Gasteiger partial charge is 0.0641 e. The minimum absolute atomic E-state index is 0.357. The van der Waals surface area contributed by atoms with Crippen molar-refractivity contribution in [3.8, 4) is 11.4 Å². The zero-order valence-corrected chi connectivity index (χ0v) is 29.1. The van der Waals surface area contributed by atoms with Crippen molar-refractivity contribution in [2.45, 2.75) is 34.6 Å². The Hall–Kier alpha value is -5.80. The summed E-state index contributed by atoms with van der Waals surface area (Å²) in [6.07, 6.45) is 14.8. The lowest BCUT2D eigenvalue weighted by Crippen LogP contribution is -2.21. The van der Waals surface area contributed by atoms with Crippen LogP contribution in [0.25, 0.3) is 55.0 Å². The van der Waals surface area contributed by atoms with E-state index in [9.17, 15) is 0 Å². The first-order valence-electron chi connectivity index (χ1n) is 17.2. The Morgan fingerprint density at radius 2 is 1.27 bits per heavy atom. The Labute approximate surface area is 289 Å². The van der Waals surface area contributed by atoms with Crippen LogP contribution in [0.1, 0.15) is 33.3 Å². The molecule has 2 aromatic heterocycles. The second-order valence-corrected chi connectivity index (χ2v) is 12.9. The van der Waals surface area contributed by atoms with Crippen LogP contribution in [-0.4, -0.2) is 9.13 Å². The third-order valence-electron chi connectivity index (χ3n) is 9.20. The minimum Gasteiger partial charge on any atom is -0.311 e. The highest BCUT2D eigenvalue weighted by atomic mass is 15.2. The highest BCUT2D eigenvalue weighted by Crippen LogP contribution is 2.44. The van der Waals surface area contributed by atoms with Gasteiger partial charge in [-0.1, -0.05) is 118 Å². The number of aromatic nitrogens is 2. The second kappa shape index (κ2) is 13.4. The predicted octanol–water partition coefficient (Wildman–Crippen LogP) is 12.8. The fourth-order valence-electron chi connectivity index (χ4n) is 7.26. The van der Waals surface area contributed by atoms with Crippen molar-refractivity contribution in [3.63, 3.8) is 0 Å². The van der Waals surface area contributed by atoms with Crippen LogP contribution in [-0.2, 0) is 0 Å². The molecule has 2 heterocycles. The molecule has 0 aliphatic carbocycles. The van der Waals surface area contributed by atoms with Crippen molar-refractivity contribution in [1.82, 2.24) is 9.13 Å². The van der Waals surface area contributed by atoms with Gasteiger partial charge in [-0.2, -0.15) is 0 Å². The van der Waals surface area contributed by atoms with Crippen LogP contribution >= 0.6 is 0 Å². The van der Waals surface area contributed by atoms with E-state index in [0.29, 0.717) is 5.92 Å². The monoisotopic (exact) mass is 637 g/mol. The number of hydrogen-bond acceptors (Lipinski definition) is 1. The van der Waals surface area contributed by atoms with Gasteiger partial charge in [0.1, 0.15) is 0 Å². The Morgan fingerprint density at radius 1 is 0.633 bits per heavy atom. The van der Waals surface area contributed by atoms with Gasteiger partial charge in [-0.3, -0.25) is 0 Å². The average molecular weight is 638 g/mol. The van der Waals surface area contributed by atoms with Crippen molar-refractivity contribution >= 4 is 49.3 Å². The first-order valence-corrected chi connectivity index (χ1v) is 17.2. The van der Waals surface area contributed by atoms with Crippen LogP contribution in [0, 0.1) is 12.8 Å². The van der Waals surface area contributed by atoms with Gasteiger partial charge in [0, 0.05) is 44.3 Å². The summed E-state index contributed by atoms with van der Waals surface area (Å²) in [5.74, 6) is 0.357. The number of aryl methyl sites for hydroxylation is 1. The molecule has 3 heteroatoms. The van der Waals surface area contributed by atoms with E-state index in [1.165, 1.54) is 49.2 Å². The Bertz CT molecular complexity index is 2450. The van der Waals surface area contributed by atoms with Gasteiger partial charge in [0.2, 0.25) is 0 Å². The summed E-state index contributed by atoms with van der Waals surface area (Å²) >= 11 is 0. The number of nitrogens with zero attached hydrogens (tertiary/aromatic N) is 3. The fraction of sp³-hybridized carbons (Fsp3) is 0.130. The number of rotatable bonds is 9. The van der Waals surface area contributed by atoms with Gasteiger partial charge in [0.05, 0.1) is 27.8 Å². The maximum absolute atomic E-state index is 4.59. The number of fused-ring (bicyclic) bond motifs is 7. The van der Waals surface area contributed by atoms with E-state index < -0.39 is 0 Å². The summed E-state index contributed by atoms with van der Waals surface area (Å²) in [7, 11) is 0. The standard InChI is InChI=1S/C46H43N3/c1-7-9-12-20-33(5)47(37(19-8-2)31-32(3)4)41-29-27-38-39-28-30-43-44(46(39)49(45(38)34(41)6)36-23-15-11-16-24-36)40-25-17-18-26-42(40)48(43)35-21-13-10-14-22-35/h7-32H,5H2,1-4,6H3/b9-7-,19-8-,20-12-,37-31+. The lowest BCUT2D eigenvalue weighted by molar-refractivity contribution is 0.819. The zero-order chi connectivity index (χ0) is 34.1. The van der Waals surface area contributed by atoms with Crippen molar-refractivity contribution in [1.29, 1.82) is 0 Å². The summed E-state index contributed by atoms with van der Waals surface area (Å²) in [6, 6.07) is 39.5. The molecule has 0 fully saturated rings. The van der Waals surface area contributed by atoms with E-state index in [-0.39, 0.29) is 0 Å². The molecular formula is C46H43N3. The molecule has 7 rings (SSSR count). The summed E-state index contributed by atoms with van der Waals surface area (Å²) in [5, 5.41) is 4.96. The number of hydrogen-bond donors (Lipinski definition) is 0. The summed E-state index contributed by atoms with van der Waals surface area (Å²) in [6.45, 7) is 15.4. The van der Waals surface area contributed by atoms with Crippen LogP contribution in [0.2, 0.25) is 0 Å². The Balaban J connectivity index is 1.63. The van der Waals surface area contributed by atoms with Crippen LogP contribution in [0.3, 0.4) is 0 Å². The van der Waals surface area contributed by atoms with Crippen LogP contribution < -0.4 is 4.90 Å².